The standard InChI is InChI=1S/C28H34N4O2S/c33-28(27-9-3-7-22-6-1-2-8-26(22)27)32-13-12-31(18-23-15-25(35)17-30-23)24(19-32)10-14-34-20-21-5-4-11-29-16-21/h1-9,11,16,23-25,30,35H,10,12-15,17-20H2/t23?,24-,25+/m0/s1. The third-order valence-electron chi connectivity index (χ3n) is 7.15. The molecule has 2 fully saturated rings. The molecule has 3 heterocycles. The Hall–Kier alpha value is -2.45. The number of fused-ring (bicyclic) bond motifs is 1. The van der Waals surface area contributed by atoms with Crippen LogP contribution in [-0.2, 0) is 11.3 Å². The molecule has 2 aliphatic heterocycles. The molecule has 6 nitrogen and oxygen atoms in total. The fourth-order valence-corrected chi connectivity index (χ4v) is 5.65. The van der Waals surface area contributed by atoms with Gasteiger partial charge in [0.25, 0.3) is 5.91 Å². The molecule has 2 saturated heterocycles. The van der Waals surface area contributed by atoms with Gasteiger partial charge in [0.1, 0.15) is 0 Å². The molecule has 3 aromatic rings. The summed E-state index contributed by atoms with van der Waals surface area (Å²) in [5.74, 6) is 0.122. The maximum absolute atomic E-state index is 13.6. The zero-order valence-electron chi connectivity index (χ0n) is 20.1. The Kier molecular flexibility index (Phi) is 7.99. The summed E-state index contributed by atoms with van der Waals surface area (Å²) in [5, 5.41) is 6.16. The Morgan fingerprint density at radius 1 is 1.11 bits per heavy atom. The van der Waals surface area contributed by atoms with Crippen LogP contribution in [0.4, 0.5) is 0 Å². The van der Waals surface area contributed by atoms with Crippen LogP contribution in [-0.4, -0.2) is 77.4 Å². The first-order valence-electron chi connectivity index (χ1n) is 12.6. The first kappa shape index (κ1) is 24.3. The first-order valence-corrected chi connectivity index (χ1v) is 13.1. The third-order valence-corrected chi connectivity index (χ3v) is 7.55. The second kappa shape index (κ2) is 11.5. The largest absolute Gasteiger partial charge is 0.377 e. The van der Waals surface area contributed by atoms with Crippen molar-refractivity contribution in [2.24, 2.45) is 0 Å². The van der Waals surface area contributed by atoms with Crippen LogP contribution >= 0.6 is 12.6 Å². The third kappa shape index (κ3) is 6.04. The highest BCUT2D eigenvalue weighted by Gasteiger charge is 2.33. The lowest BCUT2D eigenvalue weighted by molar-refractivity contribution is 0.0304. The van der Waals surface area contributed by atoms with Gasteiger partial charge in [-0.15, -0.1) is 0 Å². The molecule has 1 amide bonds. The Balaban J connectivity index is 1.26. The van der Waals surface area contributed by atoms with Crippen LogP contribution in [0, 0.1) is 0 Å². The molecule has 35 heavy (non-hydrogen) atoms. The molecule has 5 rings (SSSR count). The van der Waals surface area contributed by atoms with Gasteiger partial charge in [0.05, 0.1) is 6.61 Å². The van der Waals surface area contributed by atoms with Crippen LogP contribution < -0.4 is 5.32 Å². The first-order chi connectivity index (χ1) is 17.2. The van der Waals surface area contributed by atoms with E-state index in [9.17, 15) is 4.79 Å². The lowest BCUT2D eigenvalue weighted by Crippen LogP contribution is -2.57. The maximum Gasteiger partial charge on any atom is 0.254 e. The second-order valence-electron chi connectivity index (χ2n) is 9.62. The number of carbonyl (C=O) groups excluding carboxylic acids is 1. The predicted octanol–water partition coefficient (Wildman–Crippen LogP) is 3.63. The zero-order valence-corrected chi connectivity index (χ0v) is 20.9. The van der Waals surface area contributed by atoms with Crippen molar-refractivity contribution >= 4 is 29.3 Å². The molecule has 0 aliphatic carbocycles. The molecule has 0 bridgehead atoms. The van der Waals surface area contributed by atoms with Gasteiger partial charge in [-0.3, -0.25) is 14.7 Å². The van der Waals surface area contributed by atoms with Gasteiger partial charge in [0.15, 0.2) is 0 Å². The van der Waals surface area contributed by atoms with Crippen molar-refractivity contribution in [3.63, 3.8) is 0 Å². The van der Waals surface area contributed by atoms with E-state index in [1.807, 2.05) is 53.6 Å². The van der Waals surface area contributed by atoms with Crippen molar-refractivity contribution in [2.45, 2.75) is 36.8 Å². The van der Waals surface area contributed by atoms with Crippen molar-refractivity contribution in [1.29, 1.82) is 0 Å². The van der Waals surface area contributed by atoms with Gasteiger partial charge in [-0.05, 0) is 41.3 Å². The van der Waals surface area contributed by atoms with Crippen LogP contribution in [0.2, 0.25) is 0 Å². The number of hydrogen-bond acceptors (Lipinski definition) is 6. The van der Waals surface area contributed by atoms with E-state index in [0.717, 1.165) is 67.5 Å². The zero-order chi connectivity index (χ0) is 24.0. The van der Waals surface area contributed by atoms with E-state index in [1.165, 1.54) is 0 Å². The van der Waals surface area contributed by atoms with Gasteiger partial charge in [0, 0.05) is 74.6 Å². The number of amides is 1. The lowest BCUT2D eigenvalue weighted by Gasteiger charge is -2.42. The highest BCUT2D eigenvalue weighted by molar-refractivity contribution is 7.81. The molecule has 7 heteroatoms. The monoisotopic (exact) mass is 490 g/mol. The predicted molar refractivity (Wildman–Crippen MR) is 143 cm³/mol. The van der Waals surface area contributed by atoms with E-state index in [2.05, 4.69) is 40.0 Å². The minimum Gasteiger partial charge on any atom is -0.377 e. The van der Waals surface area contributed by atoms with Crippen LogP contribution in [0.3, 0.4) is 0 Å². The molecule has 0 saturated carbocycles. The van der Waals surface area contributed by atoms with Crippen molar-refractivity contribution in [2.75, 3.05) is 39.3 Å². The number of hydrogen-bond donors (Lipinski definition) is 2. The van der Waals surface area contributed by atoms with E-state index in [1.54, 1.807) is 6.20 Å². The number of thiol groups is 1. The molecule has 1 unspecified atom stereocenters. The average Bonchev–Trinajstić information content (AvgIpc) is 3.31. The van der Waals surface area contributed by atoms with Gasteiger partial charge < -0.3 is 15.0 Å². The van der Waals surface area contributed by atoms with E-state index >= 15 is 0 Å². The molecule has 0 spiro atoms. The van der Waals surface area contributed by atoms with Gasteiger partial charge in [-0.25, -0.2) is 0 Å². The molecular weight excluding hydrogens is 456 g/mol. The van der Waals surface area contributed by atoms with Crippen LogP contribution in [0.15, 0.2) is 67.0 Å². The van der Waals surface area contributed by atoms with Crippen LogP contribution in [0.5, 0.6) is 0 Å². The highest BCUT2D eigenvalue weighted by Crippen LogP contribution is 2.23. The smallest absolute Gasteiger partial charge is 0.254 e. The Morgan fingerprint density at radius 3 is 2.83 bits per heavy atom. The van der Waals surface area contributed by atoms with Crippen LogP contribution in [0.1, 0.15) is 28.8 Å². The number of nitrogens with one attached hydrogen (secondary N) is 1. The van der Waals surface area contributed by atoms with Gasteiger partial charge in [0.2, 0.25) is 0 Å². The average molecular weight is 491 g/mol. The van der Waals surface area contributed by atoms with Gasteiger partial charge >= 0.3 is 0 Å². The summed E-state index contributed by atoms with van der Waals surface area (Å²) < 4.78 is 6.00. The molecule has 1 aromatic heterocycles. The molecule has 1 N–H and O–H groups in total. The number of ether oxygens (including phenoxy) is 1. The fourth-order valence-electron chi connectivity index (χ4n) is 5.29. The van der Waals surface area contributed by atoms with Crippen LogP contribution in [0.25, 0.3) is 10.8 Å². The normalized spacial score (nSPS) is 23.1. The quantitative estimate of drug-likeness (QED) is 0.373. The summed E-state index contributed by atoms with van der Waals surface area (Å²) in [6.07, 6.45) is 5.59. The van der Waals surface area contributed by atoms with Gasteiger partial charge in [-0.2, -0.15) is 12.6 Å². The summed E-state index contributed by atoms with van der Waals surface area (Å²) in [6, 6.07) is 18.8. The number of carbonyl (C=O) groups is 1. The summed E-state index contributed by atoms with van der Waals surface area (Å²) in [4.78, 5) is 22.4. The summed E-state index contributed by atoms with van der Waals surface area (Å²) >= 11 is 4.65. The van der Waals surface area contributed by atoms with Crippen molar-refractivity contribution < 1.29 is 9.53 Å². The fraction of sp³-hybridized carbons (Fsp3) is 0.429. The van der Waals surface area contributed by atoms with Crippen molar-refractivity contribution in [3.05, 3.63) is 78.1 Å². The van der Waals surface area contributed by atoms with Crippen molar-refractivity contribution in [3.8, 4) is 0 Å². The summed E-state index contributed by atoms with van der Waals surface area (Å²) in [7, 11) is 0. The van der Waals surface area contributed by atoms with E-state index in [4.69, 9.17) is 4.74 Å². The SMILES string of the molecule is O=C(c1cccc2ccccc12)N1CCN(CC2C[C@@H](S)CN2)[C@@H](CCOCc2cccnc2)C1. The van der Waals surface area contributed by atoms with E-state index in [-0.39, 0.29) is 11.9 Å². The molecule has 184 valence electrons. The van der Waals surface area contributed by atoms with Gasteiger partial charge in [-0.1, -0.05) is 42.5 Å². The minimum absolute atomic E-state index is 0.122. The molecular formula is C28H34N4O2S. The van der Waals surface area contributed by atoms with E-state index < -0.39 is 0 Å². The summed E-state index contributed by atoms with van der Waals surface area (Å²) in [6.45, 7) is 5.50. The minimum atomic E-state index is 0.122. The summed E-state index contributed by atoms with van der Waals surface area (Å²) in [5.41, 5.74) is 1.87. The Morgan fingerprint density at radius 2 is 2.00 bits per heavy atom. The molecule has 3 atom stereocenters. The molecule has 2 aromatic carbocycles. The van der Waals surface area contributed by atoms with E-state index in [0.29, 0.717) is 24.5 Å². The maximum atomic E-state index is 13.6. The number of benzene rings is 2. The Bertz CT molecular complexity index is 1120. The topological polar surface area (TPSA) is 57.7 Å². The lowest BCUT2D eigenvalue weighted by atomic mass is 10.0. The number of rotatable bonds is 8. The number of piperazine rings is 1. The molecule has 2 aliphatic rings. The Labute approximate surface area is 213 Å². The highest BCUT2D eigenvalue weighted by atomic mass is 32.1. The number of aromatic nitrogens is 1. The second-order valence-corrected chi connectivity index (χ2v) is 10.4. The van der Waals surface area contributed by atoms with Crippen molar-refractivity contribution in [1.82, 2.24) is 20.1 Å². The number of nitrogens with zero attached hydrogens (tertiary/aromatic N) is 3. The molecule has 0 radical (unpaired) electrons. The number of pyridine rings is 1.